The van der Waals surface area contributed by atoms with Crippen molar-refractivity contribution in [3.05, 3.63) is 18.0 Å². The number of anilines is 1. The van der Waals surface area contributed by atoms with Gasteiger partial charge in [0.1, 0.15) is 5.69 Å². The van der Waals surface area contributed by atoms with Crippen molar-refractivity contribution >= 4 is 17.4 Å². The van der Waals surface area contributed by atoms with E-state index >= 15 is 0 Å². The van der Waals surface area contributed by atoms with Crippen molar-refractivity contribution in [2.24, 2.45) is 16.6 Å². The molecule has 0 aliphatic rings. The zero-order valence-electron chi connectivity index (χ0n) is 13.2. The maximum atomic E-state index is 12.2. The van der Waals surface area contributed by atoms with Gasteiger partial charge in [0.05, 0.1) is 11.5 Å². The minimum absolute atomic E-state index is 0.125. The molecule has 6 heteroatoms. The molecule has 0 aliphatic carbocycles. The van der Waals surface area contributed by atoms with Gasteiger partial charge in [-0.25, -0.2) is 0 Å². The average molecular weight is 293 g/mol. The van der Waals surface area contributed by atoms with Crippen LogP contribution in [0, 0.1) is 5.92 Å². The van der Waals surface area contributed by atoms with E-state index < -0.39 is 0 Å². The minimum Gasteiger partial charge on any atom is -0.397 e. The van der Waals surface area contributed by atoms with Crippen molar-refractivity contribution in [2.75, 3.05) is 18.8 Å². The van der Waals surface area contributed by atoms with E-state index in [0.717, 1.165) is 13.0 Å². The third-order valence-corrected chi connectivity index (χ3v) is 3.13. The molecule has 6 nitrogen and oxygen atoms in total. The summed E-state index contributed by atoms with van der Waals surface area (Å²) < 4.78 is 1.91. The normalized spacial score (nSPS) is 11.9. The van der Waals surface area contributed by atoms with Gasteiger partial charge in [0.2, 0.25) is 0 Å². The number of nitrogens with one attached hydrogen (secondary N) is 1. The first-order valence-corrected chi connectivity index (χ1v) is 7.46. The number of nitrogen functional groups attached to an aromatic ring is 1. The summed E-state index contributed by atoms with van der Waals surface area (Å²) in [6.45, 7) is 8.16. The Bertz CT molecular complexity index is 490. The first-order valence-electron chi connectivity index (χ1n) is 7.46. The van der Waals surface area contributed by atoms with Gasteiger partial charge in [-0.3, -0.25) is 9.79 Å². The molecule has 0 radical (unpaired) electrons. The third kappa shape index (κ3) is 5.89. The lowest BCUT2D eigenvalue weighted by atomic mass is 10.1. The van der Waals surface area contributed by atoms with Gasteiger partial charge < -0.3 is 21.4 Å². The van der Waals surface area contributed by atoms with E-state index in [0.29, 0.717) is 42.6 Å². The highest BCUT2D eigenvalue weighted by molar-refractivity contribution is 5.94. The van der Waals surface area contributed by atoms with E-state index in [1.54, 1.807) is 6.07 Å². The summed E-state index contributed by atoms with van der Waals surface area (Å²) in [5.74, 6) is 1.02. The molecule has 1 aromatic heterocycles. The first kappa shape index (κ1) is 17.1. The van der Waals surface area contributed by atoms with Crippen LogP contribution in [0.1, 0.15) is 44.1 Å². The fourth-order valence-corrected chi connectivity index (χ4v) is 1.98. The Hall–Kier alpha value is -1.98. The van der Waals surface area contributed by atoms with Crippen LogP contribution >= 0.6 is 0 Å². The molecule has 5 N–H and O–H groups in total. The number of carbonyl (C=O) groups excluding carboxylic acids is 1. The van der Waals surface area contributed by atoms with Gasteiger partial charge in [-0.15, -0.1) is 0 Å². The second-order valence-corrected chi connectivity index (χ2v) is 5.51. The Morgan fingerprint density at radius 3 is 2.81 bits per heavy atom. The fraction of sp³-hybridized carbons (Fsp3) is 0.600. The summed E-state index contributed by atoms with van der Waals surface area (Å²) in [4.78, 5) is 16.3. The topological polar surface area (TPSA) is 98.4 Å². The van der Waals surface area contributed by atoms with Crippen LogP contribution in [0.4, 0.5) is 5.69 Å². The molecule has 0 spiro atoms. The molecule has 0 unspecified atom stereocenters. The van der Waals surface area contributed by atoms with Crippen molar-refractivity contribution in [1.82, 2.24) is 9.88 Å². The van der Waals surface area contributed by atoms with Gasteiger partial charge >= 0.3 is 0 Å². The Labute approximate surface area is 126 Å². The first-order chi connectivity index (χ1) is 9.93. The highest BCUT2D eigenvalue weighted by Crippen LogP contribution is 2.13. The lowest BCUT2D eigenvalue weighted by Gasteiger charge is -2.11. The number of amides is 1. The minimum atomic E-state index is -0.125. The zero-order chi connectivity index (χ0) is 15.8. The van der Waals surface area contributed by atoms with Gasteiger partial charge in [0.25, 0.3) is 5.91 Å². The van der Waals surface area contributed by atoms with E-state index in [4.69, 9.17) is 11.5 Å². The number of hydrogen-bond acceptors (Lipinski definition) is 3. The maximum Gasteiger partial charge on any atom is 0.267 e. The van der Waals surface area contributed by atoms with Crippen LogP contribution in [-0.4, -0.2) is 29.4 Å². The van der Waals surface area contributed by atoms with E-state index in [1.165, 1.54) is 0 Å². The summed E-state index contributed by atoms with van der Waals surface area (Å²) in [5, 5.41) is 2.85. The number of nitrogens with two attached hydrogens (primary N) is 2. The molecule has 0 bridgehead atoms. The van der Waals surface area contributed by atoms with Gasteiger partial charge in [0, 0.05) is 32.3 Å². The number of nitrogens with zero attached hydrogens (tertiary/aromatic N) is 2. The van der Waals surface area contributed by atoms with Crippen LogP contribution in [0.3, 0.4) is 0 Å². The Morgan fingerprint density at radius 2 is 2.19 bits per heavy atom. The fourth-order valence-electron chi connectivity index (χ4n) is 1.98. The molecule has 0 atom stereocenters. The number of carbonyl (C=O) groups is 1. The predicted octanol–water partition coefficient (Wildman–Crippen LogP) is 1.61. The third-order valence-electron chi connectivity index (χ3n) is 3.13. The SMILES string of the molecule is CCN=C(N)CCNC(=O)c1cc(N)cn1CCC(C)C. The molecule has 1 heterocycles. The number of aryl methyl sites for hydroxylation is 1. The molecule has 1 aromatic rings. The quantitative estimate of drug-likeness (QED) is 0.501. The summed E-state index contributed by atoms with van der Waals surface area (Å²) in [6.07, 6.45) is 3.37. The highest BCUT2D eigenvalue weighted by Gasteiger charge is 2.12. The van der Waals surface area contributed by atoms with Gasteiger partial charge in [-0.05, 0) is 25.3 Å². The molecule has 21 heavy (non-hydrogen) atoms. The Morgan fingerprint density at radius 1 is 1.48 bits per heavy atom. The number of aliphatic imine (C=N–C) groups is 1. The van der Waals surface area contributed by atoms with Crippen LogP contribution < -0.4 is 16.8 Å². The summed E-state index contributed by atoms with van der Waals surface area (Å²) in [5.41, 5.74) is 12.7. The van der Waals surface area contributed by atoms with Crippen LogP contribution in [0.2, 0.25) is 0 Å². The highest BCUT2D eigenvalue weighted by atomic mass is 16.1. The van der Waals surface area contributed by atoms with E-state index in [-0.39, 0.29) is 5.91 Å². The van der Waals surface area contributed by atoms with Crippen molar-refractivity contribution in [3.8, 4) is 0 Å². The molecule has 0 aromatic carbocycles. The molecule has 0 fully saturated rings. The molecule has 0 saturated carbocycles. The molecule has 1 rings (SSSR count). The molecule has 0 saturated heterocycles. The van der Waals surface area contributed by atoms with Crippen LogP contribution in [0.15, 0.2) is 17.3 Å². The molecule has 118 valence electrons. The second kappa shape index (κ2) is 8.34. The number of aromatic nitrogens is 1. The number of rotatable bonds is 8. The van der Waals surface area contributed by atoms with E-state index in [2.05, 4.69) is 24.2 Å². The van der Waals surface area contributed by atoms with E-state index in [9.17, 15) is 4.79 Å². The smallest absolute Gasteiger partial charge is 0.267 e. The summed E-state index contributed by atoms with van der Waals surface area (Å²) in [6, 6.07) is 1.71. The van der Waals surface area contributed by atoms with Gasteiger partial charge in [0.15, 0.2) is 0 Å². The van der Waals surface area contributed by atoms with Crippen molar-refractivity contribution in [1.29, 1.82) is 0 Å². The molecular weight excluding hydrogens is 266 g/mol. The zero-order valence-corrected chi connectivity index (χ0v) is 13.2. The van der Waals surface area contributed by atoms with Crippen molar-refractivity contribution < 1.29 is 4.79 Å². The van der Waals surface area contributed by atoms with Gasteiger partial charge in [-0.2, -0.15) is 0 Å². The van der Waals surface area contributed by atoms with Crippen LogP contribution in [0.5, 0.6) is 0 Å². The van der Waals surface area contributed by atoms with Gasteiger partial charge in [-0.1, -0.05) is 13.8 Å². The average Bonchev–Trinajstić information content (AvgIpc) is 2.78. The standard InChI is InChI=1S/C15H27N5O/c1-4-18-14(17)5-7-19-15(21)13-9-12(16)10-20(13)8-6-11(2)3/h9-11H,4-8,16H2,1-3H3,(H2,17,18)(H,19,21). The van der Waals surface area contributed by atoms with Crippen LogP contribution in [-0.2, 0) is 6.54 Å². The maximum absolute atomic E-state index is 12.2. The molecule has 1 amide bonds. The van der Waals surface area contributed by atoms with E-state index in [1.807, 2.05) is 17.7 Å². The number of amidine groups is 1. The Kier molecular flexibility index (Phi) is 6.78. The monoisotopic (exact) mass is 293 g/mol. The largest absolute Gasteiger partial charge is 0.397 e. The number of hydrogen-bond donors (Lipinski definition) is 3. The molecule has 0 aliphatic heterocycles. The lowest BCUT2D eigenvalue weighted by Crippen LogP contribution is -2.29. The summed E-state index contributed by atoms with van der Waals surface area (Å²) >= 11 is 0. The predicted molar refractivity (Wildman–Crippen MR) is 87.4 cm³/mol. The molecular formula is C15H27N5O. The van der Waals surface area contributed by atoms with Crippen molar-refractivity contribution in [2.45, 2.75) is 40.2 Å². The van der Waals surface area contributed by atoms with Crippen LogP contribution in [0.25, 0.3) is 0 Å². The summed E-state index contributed by atoms with van der Waals surface area (Å²) in [7, 11) is 0. The second-order valence-electron chi connectivity index (χ2n) is 5.51. The lowest BCUT2D eigenvalue weighted by molar-refractivity contribution is 0.0945. The Balaban J connectivity index is 2.59. The van der Waals surface area contributed by atoms with Crippen molar-refractivity contribution in [3.63, 3.8) is 0 Å².